The van der Waals surface area contributed by atoms with Crippen LogP contribution in [0, 0.1) is 13.8 Å². The Morgan fingerprint density at radius 1 is 0.900 bits per heavy atom. The Labute approximate surface area is 62.9 Å². The molecule has 56 valence electrons. The van der Waals surface area contributed by atoms with Gasteiger partial charge in [0.15, 0.2) is 0 Å². The van der Waals surface area contributed by atoms with E-state index in [1.807, 2.05) is 0 Å². The monoisotopic (exact) mass is 137 g/mol. The predicted molar refractivity (Wildman–Crippen MR) is 46.0 cm³/mol. The highest BCUT2D eigenvalue weighted by atomic mass is 14.4. The Bertz CT molecular complexity index is 161. The predicted octanol–water partition coefficient (Wildman–Crippen LogP) is 1.88. The first-order valence-electron chi connectivity index (χ1n) is 3.40. The lowest BCUT2D eigenvalue weighted by molar-refractivity contribution is 1.34. The van der Waals surface area contributed by atoms with E-state index in [0.717, 1.165) is 0 Å². The molecule has 1 nitrogen and oxygen atoms in total. The molecule has 1 heteroatoms. The lowest BCUT2D eigenvalue weighted by Crippen LogP contribution is -1.74. The molecule has 0 heterocycles. The molecule has 0 amide bonds. The fraction of sp³-hybridized carbons (Fsp3) is 0.333. The molecule has 0 aromatic heterocycles. The van der Waals surface area contributed by atoms with Crippen molar-refractivity contribution < 1.29 is 0 Å². The second kappa shape index (κ2) is 5.00. The van der Waals surface area contributed by atoms with Gasteiger partial charge in [-0.3, -0.25) is 0 Å². The van der Waals surface area contributed by atoms with Crippen LogP contribution in [0.4, 0.5) is 0 Å². The molecule has 0 bridgehead atoms. The van der Waals surface area contributed by atoms with Crippen LogP contribution in [0.25, 0.3) is 0 Å². The van der Waals surface area contributed by atoms with Crippen molar-refractivity contribution in [2.24, 2.45) is 5.73 Å². The summed E-state index contributed by atoms with van der Waals surface area (Å²) in [7, 11) is 1.50. The van der Waals surface area contributed by atoms with Crippen molar-refractivity contribution in [3.05, 3.63) is 35.4 Å². The minimum atomic E-state index is 1.37. The third-order valence-corrected chi connectivity index (χ3v) is 1.43. The summed E-state index contributed by atoms with van der Waals surface area (Å²) in [6.45, 7) is 4.24. The summed E-state index contributed by atoms with van der Waals surface area (Å²) in [6.07, 6.45) is 0. The molecule has 0 aliphatic rings. The second-order valence-corrected chi connectivity index (χ2v) is 2.08. The first-order chi connectivity index (χ1) is 4.80. The molecule has 2 N–H and O–H groups in total. The SMILES string of the molecule is CN.Cc1ccccc1C. The average molecular weight is 137 g/mol. The van der Waals surface area contributed by atoms with Crippen molar-refractivity contribution in [1.29, 1.82) is 0 Å². The lowest BCUT2D eigenvalue weighted by Gasteiger charge is -1.93. The van der Waals surface area contributed by atoms with Gasteiger partial charge in [-0.25, -0.2) is 0 Å². The van der Waals surface area contributed by atoms with Gasteiger partial charge >= 0.3 is 0 Å². The molecule has 0 unspecified atom stereocenters. The van der Waals surface area contributed by atoms with E-state index in [1.54, 1.807) is 0 Å². The maximum atomic E-state index is 4.50. The van der Waals surface area contributed by atoms with Crippen LogP contribution >= 0.6 is 0 Å². The number of rotatable bonds is 0. The van der Waals surface area contributed by atoms with Crippen LogP contribution in [-0.2, 0) is 0 Å². The molecule has 0 spiro atoms. The summed E-state index contributed by atoms with van der Waals surface area (Å²) >= 11 is 0. The largest absolute Gasteiger partial charge is 0.333 e. The third-order valence-electron chi connectivity index (χ3n) is 1.43. The fourth-order valence-corrected chi connectivity index (χ4v) is 0.663. The van der Waals surface area contributed by atoms with Crippen LogP contribution in [0.3, 0.4) is 0 Å². The molecule has 0 aliphatic heterocycles. The molecule has 1 rings (SSSR count). The molecule has 10 heavy (non-hydrogen) atoms. The molecule has 0 atom stereocenters. The number of hydrogen-bond donors (Lipinski definition) is 1. The number of aryl methyl sites for hydroxylation is 2. The smallest absolute Gasteiger partial charge is 0.0195 e. The summed E-state index contributed by atoms with van der Waals surface area (Å²) in [5.41, 5.74) is 7.24. The van der Waals surface area contributed by atoms with Gasteiger partial charge in [0.05, 0.1) is 0 Å². The Balaban J connectivity index is 0.000000371. The van der Waals surface area contributed by atoms with Crippen LogP contribution in [0.1, 0.15) is 11.1 Å². The molecule has 0 radical (unpaired) electrons. The van der Waals surface area contributed by atoms with E-state index < -0.39 is 0 Å². The van der Waals surface area contributed by atoms with Crippen molar-refractivity contribution in [3.63, 3.8) is 0 Å². The zero-order chi connectivity index (χ0) is 7.98. The highest BCUT2D eigenvalue weighted by Crippen LogP contribution is 2.02. The minimum absolute atomic E-state index is 1.37. The van der Waals surface area contributed by atoms with Crippen LogP contribution in [-0.4, -0.2) is 7.05 Å². The van der Waals surface area contributed by atoms with Crippen molar-refractivity contribution in [2.75, 3.05) is 7.05 Å². The van der Waals surface area contributed by atoms with E-state index in [-0.39, 0.29) is 0 Å². The van der Waals surface area contributed by atoms with Crippen LogP contribution in [0.15, 0.2) is 24.3 Å². The Kier molecular flexibility index (Phi) is 4.59. The fourth-order valence-electron chi connectivity index (χ4n) is 0.663. The Morgan fingerprint density at radius 3 is 1.40 bits per heavy atom. The zero-order valence-corrected chi connectivity index (χ0v) is 6.89. The van der Waals surface area contributed by atoms with Gasteiger partial charge < -0.3 is 5.73 Å². The zero-order valence-electron chi connectivity index (χ0n) is 6.89. The first-order valence-corrected chi connectivity index (χ1v) is 3.40. The topological polar surface area (TPSA) is 26.0 Å². The van der Waals surface area contributed by atoms with Gasteiger partial charge in [0, 0.05) is 0 Å². The van der Waals surface area contributed by atoms with Crippen LogP contribution in [0.5, 0.6) is 0 Å². The molecule has 0 fully saturated rings. The van der Waals surface area contributed by atoms with Crippen LogP contribution < -0.4 is 5.73 Å². The minimum Gasteiger partial charge on any atom is -0.333 e. The normalized spacial score (nSPS) is 8.00. The number of hydrogen-bond acceptors (Lipinski definition) is 1. The maximum Gasteiger partial charge on any atom is -0.0195 e. The lowest BCUT2D eigenvalue weighted by atomic mass is 10.1. The molecular weight excluding hydrogens is 122 g/mol. The summed E-state index contributed by atoms with van der Waals surface area (Å²) in [4.78, 5) is 0. The summed E-state index contributed by atoms with van der Waals surface area (Å²) in [6, 6.07) is 8.36. The van der Waals surface area contributed by atoms with E-state index in [1.165, 1.54) is 18.2 Å². The summed E-state index contributed by atoms with van der Waals surface area (Å²) in [5.74, 6) is 0. The van der Waals surface area contributed by atoms with Gasteiger partial charge in [-0.05, 0) is 32.0 Å². The van der Waals surface area contributed by atoms with E-state index >= 15 is 0 Å². The van der Waals surface area contributed by atoms with Crippen molar-refractivity contribution in [3.8, 4) is 0 Å². The number of benzene rings is 1. The van der Waals surface area contributed by atoms with Crippen molar-refractivity contribution in [1.82, 2.24) is 0 Å². The third kappa shape index (κ3) is 2.65. The Hall–Kier alpha value is -0.820. The van der Waals surface area contributed by atoms with E-state index in [9.17, 15) is 0 Å². The second-order valence-electron chi connectivity index (χ2n) is 2.08. The van der Waals surface area contributed by atoms with Gasteiger partial charge in [-0.1, -0.05) is 24.3 Å². The van der Waals surface area contributed by atoms with E-state index in [0.29, 0.717) is 0 Å². The highest BCUT2D eigenvalue weighted by molar-refractivity contribution is 5.23. The van der Waals surface area contributed by atoms with Crippen molar-refractivity contribution in [2.45, 2.75) is 13.8 Å². The van der Waals surface area contributed by atoms with Gasteiger partial charge in [0.2, 0.25) is 0 Å². The number of nitrogens with two attached hydrogens (primary N) is 1. The Morgan fingerprint density at radius 2 is 1.20 bits per heavy atom. The first kappa shape index (κ1) is 9.18. The van der Waals surface area contributed by atoms with E-state index in [2.05, 4.69) is 43.8 Å². The van der Waals surface area contributed by atoms with Gasteiger partial charge in [0.1, 0.15) is 0 Å². The van der Waals surface area contributed by atoms with Crippen molar-refractivity contribution >= 4 is 0 Å². The average Bonchev–Trinajstić information content (AvgIpc) is 2.00. The summed E-state index contributed by atoms with van der Waals surface area (Å²) in [5, 5.41) is 0. The quantitative estimate of drug-likeness (QED) is 0.580. The molecule has 1 aromatic carbocycles. The summed E-state index contributed by atoms with van der Waals surface area (Å²) < 4.78 is 0. The highest BCUT2D eigenvalue weighted by Gasteiger charge is 1.83. The van der Waals surface area contributed by atoms with E-state index in [4.69, 9.17) is 0 Å². The van der Waals surface area contributed by atoms with Gasteiger partial charge in [-0.15, -0.1) is 0 Å². The van der Waals surface area contributed by atoms with Gasteiger partial charge in [-0.2, -0.15) is 0 Å². The molecular formula is C9H15N. The molecule has 1 aromatic rings. The van der Waals surface area contributed by atoms with Crippen LogP contribution in [0.2, 0.25) is 0 Å². The molecule has 0 aliphatic carbocycles. The maximum absolute atomic E-state index is 4.50. The molecule has 0 saturated heterocycles. The molecule has 0 saturated carbocycles. The van der Waals surface area contributed by atoms with Gasteiger partial charge in [0.25, 0.3) is 0 Å². The standard InChI is InChI=1S/C8H10.CH5N/c1-7-5-3-4-6-8(7)2;1-2/h3-6H,1-2H3;2H2,1H3.